The van der Waals surface area contributed by atoms with Crippen LogP contribution in [-0.2, 0) is 20.7 Å². The third-order valence-corrected chi connectivity index (χ3v) is 4.49. The number of carbonyl (C=O) groups excluding carboxylic acids is 2. The van der Waals surface area contributed by atoms with E-state index in [1.165, 1.54) is 7.11 Å². The fourth-order valence-corrected chi connectivity index (χ4v) is 3.12. The summed E-state index contributed by atoms with van der Waals surface area (Å²) in [4.78, 5) is 26.1. The van der Waals surface area contributed by atoms with Crippen molar-refractivity contribution in [1.29, 1.82) is 0 Å². The molecule has 2 aromatic rings. The number of nitrogens with one attached hydrogen (secondary N) is 1. The Balaban J connectivity index is 1.65. The number of benzene rings is 2. The number of amides is 2. The Kier molecular flexibility index (Phi) is 6.32. The summed E-state index contributed by atoms with van der Waals surface area (Å²) in [6.45, 7) is 0.558. The zero-order valence-electron chi connectivity index (χ0n) is 15.0. The van der Waals surface area contributed by atoms with Gasteiger partial charge in [0.1, 0.15) is 12.4 Å². The maximum absolute atomic E-state index is 12.3. The van der Waals surface area contributed by atoms with Crippen molar-refractivity contribution in [2.75, 3.05) is 37.1 Å². The van der Waals surface area contributed by atoms with Gasteiger partial charge in [0.05, 0.1) is 0 Å². The number of ether oxygens (including phenoxy) is 2. The van der Waals surface area contributed by atoms with Crippen LogP contribution in [0.3, 0.4) is 0 Å². The molecule has 0 atom stereocenters. The predicted octanol–water partition coefficient (Wildman–Crippen LogP) is 3.28. The van der Waals surface area contributed by atoms with Gasteiger partial charge in [0, 0.05) is 30.1 Å². The van der Waals surface area contributed by atoms with Gasteiger partial charge in [-0.25, -0.2) is 0 Å². The number of halogens is 1. The number of fused-ring (bicyclic) bond motifs is 1. The van der Waals surface area contributed by atoms with E-state index in [-0.39, 0.29) is 25.0 Å². The first-order chi connectivity index (χ1) is 13.1. The average molecular weight is 389 g/mol. The van der Waals surface area contributed by atoms with E-state index in [1.807, 2.05) is 18.2 Å². The van der Waals surface area contributed by atoms with Gasteiger partial charge in [0.15, 0.2) is 6.61 Å². The highest BCUT2D eigenvalue weighted by atomic mass is 35.5. The quantitative estimate of drug-likeness (QED) is 0.824. The Morgan fingerprint density at radius 3 is 2.67 bits per heavy atom. The minimum Gasteiger partial charge on any atom is -0.484 e. The predicted molar refractivity (Wildman–Crippen MR) is 105 cm³/mol. The maximum Gasteiger partial charge on any atom is 0.262 e. The molecule has 1 aliphatic rings. The summed E-state index contributed by atoms with van der Waals surface area (Å²) in [5.41, 5.74) is 2.52. The highest BCUT2D eigenvalue weighted by Crippen LogP contribution is 2.30. The molecule has 1 heterocycles. The first-order valence-electron chi connectivity index (χ1n) is 8.67. The number of hydrogen-bond acceptors (Lipinski definition) is 4. The molecule has 0 aromatic heterocycles. The first-order valence-corrected chi connectivity index (χ1v) is 9.05. The van der Waals surface area contributed by atoms with Crippen LogP contribution >= 0.6 is 11.6 Å². The van der Waals surface area contributed by atoms with Gasteiger partial charge in [0.25, 0.3) is 11.8 Å². The Hall–Kier alpha value is -2.57. The molecular formula is C20H21ClN2O4. The molecule has 0 unspecified atom stereocenters. The lowest BCUT2D eigenvalue weighted by atomic mass is 10.0. The average Bonchev–Trinajstić information content (AvgIpc) is 2.67. The fourth-order valence-electron chi connectivity index (χ4n) is 2.99. The zero-order chi connectivity index (χ0) is 19.2. The van der Waals surface area contributed by atoms with E-state index in [1.54, 1.807) is 29.2 Å². The smallest absolute Gasteiger partial charge is 0.262 e. The number of carbonyl (C=O) groups is 2. The van der Waals surface area contributed by atoms with Gasteiger partial charge < -0.3 is 19.7 Å². The second kappa shape index (κ2) is 8.88. The molecule has 0 spiro atoms. The van der Waals surface area contributed by atoms with Crippen LogP contribution < -0.4 is 15.0 Å². The Morgan fingerprint density at radius 2 is 1.93 bits per heavy atom. The summed E-state index contributed by atoms with van der Waals surface area (Å²) in [7, 11) is 1.50. The molecule has 7 heteroatoms. The van der Waals surface area contributed by atoms with Gasteiger partial charge in [-0.1, -0.05) is 17.7 Å². The van der Waals surface area contributed by atoms with Crippen molar-refractivity contribution >= 4 is 34.8 Å². The van der Waals surface area contributed by atoms with Crippen LogP contribution in [0.25, 0.3) is 0 Å². The molecule has 0 aliphatic carbocycles. The summed E-state index contributed by atoms with van der Waals surface area (Å²) in [6, 6.07) is 12.4. The lowest BCUT2D eigenvalue weighted by Gasteiger charge is -2.29. The maximum atomic E-state index is 12.3. The standard InChI is InChI=1S/C20H21ClN2O4/c1-26-13-20(25)23-10-2-3-14-4-7-16(11-18(14)23)22-19(24)12-27-17-8-5-15(21)6-9-17/h4-9,11H,2-3,10,12-13H2,1H3,(H,22,24). The summed E-state index contributed by atoms with van der Waals surface area (Å²) in [5.74, 6) is 0.194. The fraction of sp³-hybridized carbons (Fsp3) is 0.300. The molecule has 3 rings (SSSR count). The van der Waals surface area contributed by atoms with Crippen molar-refractivity contribution in [1.82, 2.24) is 0 Å². The van der Waals surface area contributed by atoms with Crippen LogP contribution in [0.4, 0.5) is 11.4 Å². The third kappa shape index (κ3) is 4.99. The van der Waals surface area contributed by atoms with E-state index in [2.05, 4.69) is 5.32 Å². The Morgan fingerprint density at radius 1 is 1.15 bits per heavy atom. The molecule has 1 aliphatic heterocycles. The minimum atomic E-state index is -0.282. The molecular weight excluding hydrogens is 368 g/mol. The second-order valence-corrected chi connectivity index (χ2v) is 6.65. The van der Waals surface area contributed by atoms with E-state index in [4.69, 9.17) is 21.1 Å². The van der Waals surface area contributed by atoms with Crippen LogP contribution in [0.2, 0.25) is 5.02 Å². The lowest BCUT2D eigenvalue weighted by Crippen LogP contribution is -2.37. The molecule has 142 valence electrons. The molecule has 27 heavy (non-hydrogen) atoms. The van der Waals surface area contributed by atoms with Gasteiger partial charge in [-0.05, 0) is 54.8 Å². The van der Waals surface area contributed by atoms with Gasteiger partial charge in [-0.15, -0.1) is 0 Å². The van der Waals surface area contributed by atoms with Gasteiger partial charge in [0.2, 0.25) is 0 Å². The van der Waals surface area contributed by atoms with Crippen LogP contribution in [0.5, 0.6) is 5.75 Å². The van der Waals surface area contributed by atoms with Gasteiger partial charge >= 0.3 is 0 Å². The summed E-state index contributed by atoms with van der Waals surface area (Å²) in [5, 5.41) is 3.41. The molecule has 0 fully saturated rings. The van der Waals surface area contributed by atoms with E-state index in [0.29, 0.717) is 23.0 Å². The van der Waals surface area contributed by atoms with E-state index < -0.39 is 0 Å². The van der Waals surface area contributed by atoms with Crippen molar-refractivity contribution in [3.8, 4) is 5.75 Å². The van der Waals surface area contributed by atoms with Crippen molar-refractivity contribution in [2.24, 2.45) is 0 Å². The first kappa shape index (κ1) is 19.2. The number of methoxy groups -OCH3 is 1. The van der Waals surface area contributed by atoms with Crippen molar-refractivity contribution in [3.05, 3.63) is 53.1 Å². The number of aryl methyl sites for hydroxylation is 1. The van der Waals surface area contributed by atoms with Crippen LogP contribution in [0, 0.1) is 0 Å². The zero-order valence-corrected chi connectivity index (χ0v) is 15.8. The lowest BCUT2D eigenvalue weighted by molar-refractivity contribution is -0.122. The van der Waals surface area contributed by atoms with E-state index >= 15 is 0 Å². The molecule has 2 aromatic carbocycles. The van der Waals surface area contributed by atoms with Crippen LogP contribution in [0.15, 0.2) is 42.5 Å². The number of hydrogen-bond donors (Lipinski definition) is 1. The van der Waals surface area contributed by atoms with Crippen LogP contribution in [0.1, 0.15) is 12.0 Å². The Bertz CT molecular complexity index is 823. The van der Waals surface area contributed by atoms with Gasteiger partial charge in [-0.3, -0.25) is 9.59 Å². The highest BCUT2D eigenvalue weighted by Gasteiger charge is 2.22. The number of anilines is 2. The normalized spacial score (nSPS) is 13.0. The molecule has 2 amide bonds. The topological polar surface area (TPSA) is 67.9 Å². The van der Waals surface area contributed by atoms with Crippen molar-refractivity contribution in [3.63, 3.8) is 0 Å². The molecule has 0 saturated carbocycles. The largest absolute Gasteiger partial charge is 0.484 e. The SMILES string of the molecule is COCC(=O)N1CCCc2ccc(NC(=O)COc3ccc(Cl)cc3)cc21. The summed E-state index contributed by atoms with van der Waals surface area (Å²) >= 11 is 5.82. The summed E-state index contributed by atoms with van der Waals surface area (Å²) in [6.07, 6.45) is 1.81. The third-order valence-electron chi connectivity index (χ3n) is 4.24. The highest BCUT2D eigenvalue weighted by molar-refractivity contribution is 6.30. The van der Waals surface area contributed by atoms with Crippen molar-refractivity contribution < 1.29 is 19.1 Å². The monoisotopic (exact) mass is 388 g/mol. The van der Waals surface area contributed by atoms with E-state index in [0.717, 1.165) is 24.1 Å². The second-order valence-electron chi connectivity index (χ2n) is 6.22. The van der Waals surface area contributed by atoms with Crippen molar-refractivity contribution in [2.45, 2.75) is 12.8 Å². The summed E-state index contributed by atoms with van der Waals surface area (Å²) < 4.78 is 10.4. The van der Waals surface area contributed by atoms with Crippen LogP contribution in [-0.4, -0.2) is 38.7 Å². The Labute approximate surface area is 163 Å². The minimum absolute atomic E-state index is 0.0327. The molecule has 0 radical (unpaired) electrons. The molecule has 6 nitrogen and oxygen atoms in total. The van der Waals surface area contributed by atoms with E-state index in [9.17, 15) is 9.59 Å². The number of rotatable bonds is 6. The molecule has 0 bridgehead atoms. The molecule has 0 saturated heterocycles. The van der Waals surface area contributed by atoms with Gasteiger partial charge in [-0.2, -0.15) is 0 Å². The number of nitrogens with zero attached hydrogens (tertiary/aromatic N) is 1. The molecule has 1 N–H and O–H groups in total.